The molecule has 0 amide bonds. The van der Waals surface area contributed by atoms with Gasteiger partial charge in [0.1, 0.15) is 0 Å². The molecule has 0 aromatic carbocycles. The van der Waals surface area contributed by atoms with Crippen molar-refractivity contribution >= 4 is 17.1 Å². The van der Waals surface area contributed by atoms with E-state index in [0.29, 0.717) is 12.3 Å². The first-order valence-corrected chi connectivity index (χ1v) is 7.88. The van der Waals surface area contributed by atoms with E-state index in [2.05, 4.69) is 24.8 Å². The lowest BCUT2D eigenvalue weighted by Crippen LogP contribution is -2.36. The summed E-state index contributed by atoms with van der Waals surface area (Å²) in [6.07, 6.45) is 5.10. The average Bonchev–Trinajstić information content (AvgIpc) is 2.80. The van der Waals surface area contributed by atoms with Gasteiger partial charge in [-0.05, 0) is 43.9 Å². The van der Waals surface area contributed by atoms with Crippen molar-refractivity contribution in [3.8, 4) is 0 Å². The second-order valence-corrected chi connectivity index (χ2v) is 6.34. The molecular weight excluding hydrogens is 242 g/mol. The molecular formula is C15H23NOS. The summed E-state index contributed by atoms with van der Waals surface area (Å²) in [5.41, 5.74) is 0. The van der Waals surface area contributed by atoms with Crippen LogP contribution in [0.15, 0.2) is 12.1 Å². The summed E-state index contributed by atoms with van der Waals surface area (Å²) in [6.45, 7) is 6.96. The fourth-order valence-electron chi connectivity index (χ4n) is 2.34. The quantitative estimate of drug-likeness (QED) is 0.702. The van der Waals surface area contributed by atoms with Crippen LogP contribution < -0.4 is 0 Å². The summed E-state index contributed by atoms with van der Waals surface area (Å²) in [5, 5.41) is 0. The minimum atomic E-state index is 0.292. The first-order valence-electron chi connectivity index (χ1n) is 7.07. The lowest BCUT2D eigenvalue weighted by Gasteiger charge is -2.31. The molecule has 0 unspecified atom stereocenters. The van der Waals surface area contributed by atoms with E-state index < -0.39 is 0 Å². The largest absolute Gasteiger partial charge is 0.296 e. The third-order valence-electron chi connectivity index (χ3n) is 3.84. The van der Waals surface area contributed by atoms with Crippen LogP contribution in [0, 0.1) is 5.92 Å². The van der Waals surface area contributed by atoms with Crippen molar-refractivity contribution in [2.24, 2.45) is 5.92 Å². The molecule has 0 bridgehead atoms. The van der Waals surface area contributed by atoms with Gasteiger partial charge in [0.2, 0.25) is 0 Å². The van der Waals surface area contributed by atoms with Crippen LogP contribution in [0.5, 0.6) is 0 Å². The predicted octanol–water partition coefficient (Wildman–Crippen LogP) is 3.62. The number of aryl methyl sites for hydroxylation is 1. The molecule has 0 saturated heterocycles. The number of Topliss-reactive ketones (excluding diaryl/α,β-unsaturated/α-hetero) is 1. The van der Waals surface area contributed by atoms with Crippen LogP contribution >= 0.6 is 11.3 Å². The Bertz CT molecular complexity index is 395. The monoisotopic (exact) mass is 265 g/mol. The smallest absolute Gasteiger partial charge is 0.186 e. The zero-order valence-corrected chi connectivity index (χ0v) is 12.3. The Morgan fingerprint density at radius 3 is 2.67 bits per heavy atom. The summed E-state index contributed by atoms with van der Waals surface area (Å²) >= 11 is 1.66. The van der Waals surface area contributed by atoms with Crippen LogP contribution in [-0.4, -0.2) is 30.3 Å². The standard InChI is InChI=1S/C15H23NOS/c1-3-13-8-9-15(18-13)14(17)11-16(4-2)10-12-6-5-7-12/h8-9,12H,3-7,10-11H2,1-2H3. The van der Waals surface area contributed by atoms with Crippen LogP contribution in [0.4, 0.5) is 0 Å². The molecule has 2 nitrogen and oxygen atoms in total. The van der Waals surface area contributed by atoms with E-state index in [0.717, 1.165) is 30.3 Å². The Morgan fingerprint density at radius 2 is 2.17 bits per heavy atom. The van der Waals surface area contributed by atoms with Gasteiger partial charge in [-0.25, -0.2) is 0 Å². The van der Waals surface area contributed by atoms with Gasteiger partial charge in [-0.2, -0.15) is 0 Å². The van der Waals surface area contributed by atoms with Crippen LogP contribution in [0.2, 0.25) is 0 Å². The molecule has 1 aliphatic rings. The first kappa shape index (κ1) is 13.8. The molecule has 2 rings (SSSR count). The third kappa shape index (κ3) is 3.42. The zero-order chi connectivity index (χ0) is 13.0. The van der Waals surface area contributed by atoms with Gasteiger partial charge in [0.15, 0.2) is 5.78 Å². The van der Waals surface area contributed by atoms with Gasteiger partial charge in [0, 0.05) is 11.4 Å². The zero-order valence-electron chi connectivity index (χ0n) is 11.4. The van der Waals surface area contributed by atoms with E-state index in [1.807, 2.05) is 6.07 Å². The average molecular weight is 265 g/mol. The lowest BCUT2D eigenvalue weighted by molar-refractivity contribution is 0.0909. The van der Waals surface area contributed by atoms with Gasteiger partial charge in [0.05, 0.1) is 11.4 Å². The highest BCUT2D eigenvalue weighted by molar-refractivity contribution is 7.14. The number of hydrogen-bond donors (Lipinski definition) is 0. The van der Waals surface area contributed by atoms with Gasteiger partial charge in [-0.3, -0.25) is 9.69 Å². The normalized spacial score (nSPS) is 15.9. The van der Waals surface area contributed by atoms with Crippen molar-refractivity contribution in [3.63, 3.8) is 0 Å². The second-order valence-electron chi connectivity index (χ2n) is 5.17. The second kappa shape index (κ2) is 6.48. The van der Waals surface area contributed by atoms with E-state index >= 15 is 0 Å². The van der Waals surface area contributed by atoms with Crippen molar-refractivity contribution in [3.05, 3.63) is 21.9 Å². The molecule has 1 aromatic rings. The van der Waals surface area contributed by atoms with Crippen molar-refractivity contribution < 1.29 is 4.79 Å². The molecule has 1 aliphatic carbocycles. The Balaban J connectivity index is 1.87. The van der Waals surface area contributed by atoms with E-state index in [4.69, 9.17) is 0 Å². The van der Waals surface area contributed by atoms with Gasteiger partial charge in [-0.15, -0.1) is 11.3 Å². The minimum Gasteiger partial charge on any atom is -0.296 e. The SMILES string of the molecule is CCc1ccc(C(=O)CN(CC)CC2CCC2)s1. The summed E-state index contributed by atoms with van der Waals surface area (Å²) < 4.78 is 0. The minimum absolute atomic E-state index is 0.292. The number of rotatable bonds is 7. The first-order chi connectivity index (χ1) is 8.72. The molecule has 0 aliphatic heterocycles. The number of likely N-dealkylation sites (N-methyl/N-ethyl adjacent to an activating group) is 1. The maximum Gasteiger partial charge on any atom is 0.186 e. The van der Waals surface area contributed by atoms with Crippen LogP contribution in [0.25, 0.3) is 0 Å². The highest BCUT2D eigenvalue weighted by Gasteiger charge is 2.21. The molecule has 1 aromatic heterocycles. The molecule has 18 heavy (non-hydrogen) atoms. The summed E-state index contributed by atoms with van der Waals surface area (Å²) in [5.74, 6) is 1.13. The highest BCUT2D eigenvalue weighted by Crippen LogP contribution is 2.27. The van der Waals surface area contributed by atoms with E-state index in [1.54, 1.807) is 11.3 Å². The number of carbonyl (C=O) groups is 1. The Hall–Kier alpha value is -0.670. The van der Waals surface area contributed by atoms with E-state index in [-0.39, 0.29) is 0 Å². The maximum atomic E-state index is 12.2. The molecule has 1 saturated carbocycles. The fraction of sp³-hybridized carbons (Fsp3) is 0.667. The third-order valence-corrected chi connectivity index (χ3v) is 5.11. The van der Waals surface area contributed by atoms with Crippen molar-refractivity contribution in [1.82, 2.24) is 4.90 Å². The van der Waals surface area contributed by atoms with Crippen molar-refractivity contribution in [1.29, 1.82) is 0 Å². The van der Waals surface area contributed by atoms with Crippen LogP contribution in [0.1, 0.15) is 47.7 Å². The molecule has 1 heterocycles. The maximum absolute atomic E-state index is 12.2. The number of hydrogen-bond acceptors (Lipinski definition) is 3. The number of carbonyl (C=O) groups excluding carboxylic acids is 1. The highest BCUT2D eigenvalue weighted by atomic mass is 32.1. The molecule has 3 heteroatoms. The van der Waals surface area contributed by atoms with Crippen molar-refractivity contribution in [2.75, 3.05) is 19.6 Å². The van der Waals surface area contributed by atoms with Crippen molar-refractivity contribution in [2.45, 2.75) is 39.5 Å². The number of nitrogens with zero attached hydrogens (tertiary/aromatic N) is 1. The summed E-state index contributed by atoms with van der Waals surface area (Å²) in [7, 11) is 0. The van der Waals surface area contributed by atoms with Gasteiger partial charge >= 0.3 is 0 Å². The summed E-state index contributed by atoms with van der Waals surface area (Å²) in [4.78, 5) is 16.7. The van der Waals surface area contributed by atoms with Crippen LogP contribution in [0.3, 0.4) is 0 Å². The van der Waals surface area contributed by atoms with Crippen LogP contribution in [-0.2, 0) is 6.42 Å². The van der Waals surface area contributed by atoms with Gasteiger partial charge < -0.3 is 0 Å². The van der Waals surface area contributed by atoms with E-state index in [1.165, 1.54) is 24.1 Å². The molecule has 100 valence electrons. The molecule has 0 radical (unpaired) electrons. The van der Waals surface area contributed by atoms with E-state index in [9.17, 15) is 4.79 Å². The molecule has 0 atom stereocenters. The number of thiophene rings is 1. The van der Waals surface area contributed by atoms with Gasteiger partial charge in [-0.1, -0.05) is 20.3 Å². The Labute approximate surface area is 114 Å². The fourth-order valence-corrected chi connectivity index (χ4v) is 3.22. The topological polar surface area (TPSA) is 20.3 Å². The Morgan fingerprint density at radius 1 is 1.39 bits per heavy atom. The van der Waals surface area contributed by atoms with Gasteiger partial charge in [0.25, 0.3) is 0 Å². The summed E-state index contributed by atoms with van der Waals surface area (Å²) in [6, 6.07) is 4.07. The molecule has 1 fully saturated rings. The Kier molecular flexibility index (Phi) is 4.95. The molecule has 0 spiro atoms. The predicted molar refractivity (Wildman–Crippen MR) is 77.5 cm³/mol. The molecule has 0 N–H and O–H groups in total. The lowest BCUT2D eigenvalue weighted by atomic mass is 9.85. The number of ketones is 1.